The van der Waals surface area contributed by atoms with Crippen molar-refractivity contribution in [1.29, 1.82) is 0 Å². The van der Waals surface area contributed by atoms with Crippen LogP contribution in [0.4, 0.5) is 5.69 Å². The lowest BCUT2D eigenvalue weighted by molar-refractivity contribution is -0.126. The number of esters is 1. The van der Waals surface area contributed by atoms with Gasteiger partial charge in [-0.2, -0.15) is 0 Å². The fourth-order valence-corrected chi connectivity index (χ4v) is 5.34. The van der Waals surface area contributed by atoms with Crippen molar-refractivity contribution in [1.82, 2.24) is 10.6 Å². The second-order valence-electron chi connectivity index (χ2n) is 9.59. The Bertz CT molecular complexity index is 1400. The number of carbonyl (C=O) groups is 4. The number of methoxy groups -OCH3 is 2. The SMILES string of the molecule is CCOC(=O)c1ccc(N(C(=O)CNC(=O)c2cccs2)C(C(=O)NCC2CCCO2)c2ccc(OC)c(OC)c2)cc1. The predicted octanol–water partition coefficient (Wildman–Crippen LogP) is 3.74. The molecule has 43 heavy (non-hydrogen) atoms. The molecule has 2 unspecified atom stereocenters. The molecule has 0 aliphatic carbocycles. The third-order valence-corrected chi connectivity index (χ3v) is 7.70. The van der Waals surface area contributed by atoms with Crippen LogP contribution in [-0.4, -0.2) is 70.3 Å². The Labute approximate surface area is 254 Å². The average molecular weight is 610 g/mol. The molecular weight excluding hydrogens is 574 g/mol. The maximum absolute atomic E-state index is 14.0. The molecule has 228 valence electrons. The predicted molar refractivity (Wildman–Crippen MR) is 161 cm³/mol. The van der Waals surface area contributed by atoms with Crippen LogP contribution in [0.1, 0.15) is 51.4 Å². The summed E-state index contributed by atoms with van der Waals surface area (Å²) in [6, 6.07) is 13.3. The molecule has 0 saturated carbocycles. The molecule has 1 aliphatic heterocycles. The first kappa shape index (κ1) is 31.5. The van der Waals surface area contributed by atoms with Crippen LogP contribution >= 0.6 is 11.3 Å². The van der Waals surface area contributed by atoms with Crippen molar-refractivity contribution >= 4 is 40.7 Å². The Kier molecular flexibility index (Phi) is 11.1. The monoisotopic (exact) mass is 609 g/mol. The van der Waals surface area contributed by atoms with Gasteiger partial charge >= 0.3 is 5.97 Å². The van der Waals surface area contributed by atoms with E-state index in [4.69, 9.17) is 18.9 Å². The molecule has 2 aromatic carbocycles. The van der Waals surface area contributed by atoms with Crippen LogP contribution in [-0.2, 0) is 19.1 Å². The van der Waals surface area contributed by atoms with E-state index in [0.29, 0.717) is 34.2 Å². The summed E-state index contributed by atoms with van der Waals surface area (Å²) in [7, 11) is 2.98. The normalized spacial score (nSPS) is 14.8. The lowest BCUT2D eigenvalue weighted by atomic mass is 10.0. The van der Waals surface area contributed by atoms with Crippen molar-refractivity contribution in [2.75, 3.05) is 45.4 Å². The Morgan fingerprint density at radius 3 is 2.42 bits per heavy atom. The summed E-state index contributed by atoms with van der Waals surface area (Å²) < 4.78 is 21.6. The number of hydrogen-bond donors (Lipinski definition) is 2. The lowest BCUT2D eigenvalue weighted by Crippen LogP contribution is -2.48. The number of nitrogens with zero attached hydrogens (tertiary/aromatic N) is 1. The number of carbonyl (C=O) groups excluding carboxylic acids is 4. The Balaban J connectivity index is 1.73. The van der Waals surface area contributed by atoms with Crippen molar-refractivity contribution in [3.8, 4) is 11.5 Å². The maximum Gasteiger partial charge on any atom is 0.338 e. The summed E-state index contributed by atoms with van der Waals surface area (Å²) in [5.41, 5.74) is 1.06. The van der Waals surface area contributed by atoms with Crippen molar-refractivity contribution in [3.63, 3.8) is 0 Å². The van der Waals surface area contributed by atoms with Crippen LogP contribution in [0.25, 0.3) is 0 Å². The standard InChI is InChI=1S/C31H35N3O8S/c1-4-41-31(38)20-9-12-22(13-10-20)34(27(35)19-33-29(36)26-8-6-16-43-26)28(30(37)32-18-23-7-5-15-42-23)21-11-14-24(39-2)25(17-21)40-3/h6,8-14,16-17,23,28H,4-5,7,15,18-19H2,1-3H3,(H,32,37)(H,33,36). The molecule has 2 atom stereocenters. The number of ether oxygens (including phenoxy) is 4. The Hall–Kier alpha value is -4.42. The van der Waals surface area contributed by atoms with Crippen LogP contribution in [0.3, 0.4) is 0 Å². The molecule has 0 radical (unpaired) electrons. The van der Waals surface area contributed by atoms with Gasteiger partial charge in [-0.1, -0.05) is 12.1 Å². The summed E-state index contributed by atoms with van der Waals surface area (Å²) in [6.07, 6.45) is 1.59. The number of benzene rings is 2. The second kappa shape index (κ2) is 15.2. The van der Waals surface area contributed by atoms with E-state index < -0.39 is 29.7 Å². The van der Waals surface area contributed by atoms with Gasteiger partial charge in [0.2, 0.25) is 11.8 Å². The molecule has 3 amide bonds. The zero-order chi connectivity index (χ0) is 30.8. The molecule has 1 saturated heterocycles. The van der Waals surface area contributed by atoms with E-state index in [1.54, 1.807) is 54.8 Å². The topological polar surface area (TPSA) is 132 Å². The summed E-state index contributed by atoms with van der Waals surface area (Å²) in [6.45, 7) is 2.42. The fourth-order valence-electron chi connectivity index (χ4n) is 4.70. The minimum absolute atomic E-state index is 0.131. The molecule has 11 nitrogen and oxygen atoms in total. The zero-order valence-corrected chi connectivity index (χ0v) is 25.1. The minimum Gasteiger partial charge on any atom is -0.493 e. The second-order valence-corrected chi connectivity index (χ2v) is 10.5. The van der Waals surface area contributed by atoms with Crippen LogP contribution in [0.2, 0.25) is 0 Å². The van der Waals surface area contributed by atoms with Crippen LogP contribution in [0.5, 0.6) is 11.5 Å². The number of amides is 3. The quantitative estimate of drug-likeness (QED) is 0.280. The Morgan fingerprint density at radius 1 is 1.02 bits per heavy atom. The third-order valence-electron chi connectivity index (χ3n) is 6.83. The van der Waals surface area contributed by atoms with E-state index >= 15 is 0 Å². The van der Waals surface area contributed by atoms with E-state index in [0.717, 1.165) is 12.8 Å². The summed E-state index contributed by atoms with van der Waals surface area (Å²) in [4.78, 5) is 54.7. The lowest BCUT2D eigenvalue weighted by Gasteiger charge is -2.32. The molecule has 2 heterocycles. The number of rotatable bonds is 13. The first-order chi connectivity index (χ1) is 20.9. The molecular formula is C31H35N3O8S. The van der Waals surface area contributed by atoms with Gasteiger partial charge < -0.3 is 29.6 Å². The maximum atomic E-state index is 14.0. The zero-order valence-electron chi connectivity index (χ0n) is 24.3. The first-order valence-electron chi connectivity index (χ1n) is 13.9. The van der Waals surface area contributed by atoms with E-state index in [-0.39, 0.29) is 31.4 Å². The van der Waals surface area contributed by atoms with Crippen LogP contribution < -0.4 is 25.0 Å². The van der Waals surface area contributed by atoms with Crippen LogP contribution in [0, 0.1) is 0 Å². The third kappa shape index (κ3) is 7.90. The highest BCUT2D eigenvalue weighted by atomic mass is 32.1. The molecule has 0 bridgehead atoms. The summed E-state index contributed by atoms with van der Waals surface area (Å²) in [5.74, 6) is -1.12. The van der Waals surface area contributed by atoms with Gasteiger partial charge in [0.15, 0.2) is 11.5 Å². The van der Waals surface area contributed by atoms with E-state index in [9.17, 15) is 19.2 Å². The summed E-state index contributed by atoms with van der Waals surface area (Å²) >= 11 is 1.25. The Morgan fingerprint density at radius 2 is 1.79 bits per heavy atom. The van der Waals surface area contributed by atoms with Crippen molar-refractivity contribution in [2.45, 2.75) is 31.9 Å². The van der Waals surface area contributed by atoms with E-state index in [1.807, 2.05) is 0 Å². The van der Waals surface area contributed by atoms with Gasteiger partial charge in [-0.3, -0.25) is 19.3 Å². The molecule has 4 rings (SSSR count). The van der Waals surface area contributed by atoms with Gasteiger partial charge in [0, 0.05) is 18.8 Å². The molecule has 0 spiro atoms. The van der Waals surface area contributed by atoms with Gasteiger partial charge in [-0.25, -0.2) is 4.79 Å². The summed E-state index contributed by atoms with van der Waals surface area (Å²) in [5, 5.41) is 7.36. The molecule has 1 aliphatic rings. The van der Waals surface area contributed by atoms with Crippen molar-refractivity contribution < 1.29 is 38.1 Å². The number of anilines is 1. The fraction of sp³-hybridized carbons (Fsp3) is 0.355. The molecule has 1 fully saturated rings. The first-order valence-corrected chi connectivity index (χ1v) is 14.8. The molecule has 1 aromatic heterocycles. The highest BCUT2D eigenvalue weighted by molar-refractivity contribution is 7.12. The molecule has 3 aromatic rings. The van der Waals surface area contributed by atoms with Gasteiger partial charge in [0.25, 0.3) is 5.91 Å². The highest BCUT2D eigenvalue weighted by Gasteiger charge is 2.34. The minimum atomic E-state index is -1.18. The van der Waals surface area contributed by atoms with Crippen molar-refractivity contribution in [3.05, 3.63) is 76.0 Å². The number of nitrogens with one attached hydrogen (secondary N) is 2. The number of hydrogen-bond acceptors (Lipinski definition) is 9. The van der Waals surface area contributed by atoms with Gasteiger partial charge in [-0.05, 0) is 73.2 Å². The smallest absolute Gasteiger partial charge is 0.338 e. The molecule has 2 N–H and O–H groups in total. The van der Waals surface area contributed by atoms with Gasteiger partial charge in [0.1, 0.15) is 6.04 Å². The van der Waals surface area contributed by atoms with E-state index in [2.05, 4.69) is 10.6 Å². The van der Waals surface area contributed by atoms with Crippen LogP contribution in [0.15, 0.2) is 60.0 Å². The highest BCUT2D eigenvalue weighted by Crippen LogP contribution is 2.34. The number of thiophene rings is 1. The average Bonchev–Trinajstić information content (AvgIpc) is 3.76. The van der Waals surface area contributed by atoms with Gasteiger partial charge in [0.05, 0.1) is 43.9 Å². The van der Waals surface area contributed by atoms with Crippen molar-refractivity contribution in [2.24, 2.45) is 0 Å². The van der Waals surface area contributed by atoms with Gasteiger partial charge in [-0.15, -0.1) is 11.3 Å². The largest absolute Gasteiger partial charge is 0.493 e. The molecule has 12 heteroatoms. The van der Waals surface area contributed by atoms with E-state index in [1.165, 1.54) is 42.6 Å².